The van der Waals surface area contributed by atoms with Crippen molar-refractivity contribution < 1.29 is 19.0 Å². The normalized spacial score (nSPS) is 12.2. The summed E-state index contributed by atoms with van der Waals surface area (Å²) < 4.78 is 17.7. The number of rotatable bonds is 7. The van der Waals surface area contributed by atoms with Crippen LogP contribution in [0.4, 0.5) is 4.39 Å². The number of hydrogen-bond donors (Lipinski definition) is 2. The van der Waals surface area contributed by atoms with Crippen molar-refractivity contribution in [1.82, 2.24) is 5.32 Å². The molecule has 5 heteroatoms. The monoisotopic (exact) mass is 255 g/mol. The van der Waals surface area contributed by atoms with E-state index < -0.39 is 6.10 Å². The first kappa shape index (κ1) is 14.6. The highest BCUT2D eigenvalue weighted by molar-refractivity contribution is 5.69. The molecule has 1 unspecified atom stereocenters. The van der Waals surface area contributed by atoms with E-state index >= 15 is 0 Å². The predicted octanol–water partition coefficient (Wildman–Crippen LogP) is 1.23. The minimum absolute atomic E-state index is 0.180. The van der Waals surface area contributed by atoms with Crippen molar-refractivity contribution in [3.05, 3.63) is 35.6 Å². The van der Waals surface area contributed by atoms with Crippen molar-refractivity contribution >= 4 is 5.97 Å². The van der Waals surface area contributed by atoms with Gasteiger partial charge in [0.25, 0.3) is 0 Å². The molecule has 0 amide bonds. The largest absolute Gasteiger partial charge is 0.469 e. The molecule has 0 aliphatic carbocycles. The SMILES string of the molecule is COC(=O)CCC(O)CNCc1ccccc1F. The van der Waals surface area contributed by atoms with Crippen LogP contribution < -0.4 is 5.32 Å². The summed E-state index contributed by atoms with van der Waals surface area (Å²) in [5, 5.41) is 12.5. The van der Waals surface area contributed by atoms with Gasteiger partial charge in [-0.25, -0.2) is 4.39 Å². The number of ether oxygens (including phenoxy) is 1. The van der Waals surface area contributed by atoms with Gasteiger partial charge in [0.15, 0.2) is 0 Å². The Hall–Kier alpha value is -1.46. The van der Waals surface area contributed by atoms with Crippen LogP contribution in [-0.4, -0.2) is 30.8 Å². The van der Waals surface area contributed by atoms with E-state index in [0.29, 0.717) is 25.1 Å². The zero-order chi connectivity index (χ0) is 13.4. The van der Waals surface area contributed by atoms with Gasteiger partial charge in [-0.1, -0.05) is 18.2 Å². The standard InChI is InChI=1S/C13H18FNO3/c1-18-13(17)7-6-11(16)9-15-8-10-4-2-3-5-12(10)14/h2-5,11,15-16H,6-9H2,1H3. The van der Waals surface area contributed by atoms with Crippen LogP contribution in [0.3, 0.4) is 0 Å². The average Bonchev–Trinajstić information content (AvgIpc) is 2.38. The maximum absolute atomic E-state index is 13.3. The van der Waals surface area contributed by atoms with Gasteiger partial charge in [-0.3, -0.25) is 4.79 Å². The van der Waals surface area contributed by atoms with Gasteiger partial charge in [-0.2, -0.15) is 0 Å². The lowest BCUT2D eigenvalue weighted by atomic mass is 10.2. The van der Waals surface area contributed by atoms with Gasteiger partial charge in [-0.15, -0.1) is 0 Å². The molecule has 0 aliphatic heterocycles. The van der Waals surface area contributed by atoms with E-state index in [2.05, 4.69) is 10.1 Å². The third-order valence-corrected chi connectivity index (χ3v) is 2.56. The number of methoxy groups -OCH3 is 1. The number of aliphatic hydroxyl groups is 1. The summed E-state index contributed by atoms with van der Waals surface area (Å²) in [5.41, 5.74) is 0.553. The predicted molar refractivity (Wildman–Crippen MR) is 65.4 cm³/mol. The first-order valence-electron chi connectivity index (χ1n) is 5.82. The molecule has 4 nitrogen and oxygen atoms in total. The van der Waals surface area contributed by atoms with Crippen LogP contribution in [0.5, 0.6) is 0 Å². The van der Waals surface area contributed by atoms with Crippen LogP contribution in [-0.2, 0) is 16.1 Å². The highest BCUT2D eigenvalue weighted by atomic mass is 19.1. The Kier molecular flexibility index (Phi) is 6.32. The molecule has 0 heterocycles. The molecule has 0 bridgehead atoms. The van der Waals surface area contributed by atoms with E-state index in [0.717, 1.165) is 0 Å². The number of benzene rings is 1. The van der Waals surface area contributed by atoms with Crippen molar-refractivity contribution in [1.29, 1.82) is 0 Å². The maximum Gasteiger partial charge on any atom is 0.305 e. The number of halogens is 1. The van der Waals surface area contributed by atoms with E-state index in [-0.39, 0.29) is 18.2 Å². The summed E-state index contributed by atoms with van der Waals surface area (Å²) in [6.45, 7) is 0.660. The molecule has 0 radical (unpaired) electrons. The fourth-order valence-electron chi connectivity index (χ4n) is 1.50. The van der Waals surface area contributed by atoms with Gasteiger partial charge >= 0.3 is 5.97 Å². The van der Waals surface area contributed by atoms with E-state index in [9.17, 15) is 14.3 Å². The van der Waals surface area contributed by atoms with E-state index in [1.54, 1.807) is 18.2 Å². The fraction of sp³-hybridized carbons (Fsp3) is 0.462. The van der Waals surface area contributed by atoms with Gasteiger partial charge in [-0.05, 0) is 12.5 Å². The topological polar surface area (TPSA) is 58.6 Å². The molecule has 1 aromatic carbocycles. The molecule has 2 N–H and O–H groups in total. The lowest BCUT2D eigenvalue weighted by Crippen LogP contribution is -2.27. The van der Waals surface area contributed by atoms with Crippen LogP contribution in [0.15, 0.2) is 24.3 Å². The molecular formula is C13H18FNO3. The first-order valence-corrected chi connectivity index (χ1v) is 5.82. The zero-order valence-electron chi connectivity index (χ0n) is 10.4. The van der Waals surface area contributed by atoms with Crippen molar-refractivity contribution in [2.75, 3.05) is 13.7 Å². The second kappa shape index (κ2) is 7.79. The quantitative estimate of drug-likeness (QED) is 0.719. The lowest BCUT2D eigenvalue weighted by Gasteiger charge is -2.11. The first-order chi connectivity index (χ1) is 8.63. The number of carbonyl (C=O) groups is 1. The molecule has 1 aromatic rings. The lowest BCUT2D eigenvalue weighted by molar-refractivity contribution is -0.141. The second-order valence-electron chi connectivity index (χ2n) is 3.99. The Bertz CT molecular complexity index is 384. The van der Waals surface area contributed by atoms with Crippen molar-refractivity contribution in [2.24, 2.45) is 0 Å². The summed E-state index contributed by atoms with van der Waals surface area (Å²) in [4.78, 5) is 10.9. The molecule has 0 aromatic heterocycles. The summed E-state index contributed by atoms with van der Waals surface area (Å²) >= 11 is 0. The molecule has 0 fully saturated rings. The Morgan fingerprint density at radius 2 is 2.22 bits per heavy atom. The number of carbonyl (C=O) groups excluding carboxylic acids is 1. The maximum atomic E-state index is 13.3. The number of hydrogen-bond acceptors (Lipinski definition) is 4. The van der Waals surface area contributed by atoms with Crippen molar-refractivity contribution in [3.63, 3.8) is 0 Å². The van der Waals surface area contributed by atoms with Crippen LogP contribution >= 0.6 is 0 Å². The summed E-state index contributed by atoms with van der Waals surface area (Å²) in [6, 6.07) is 6.46. The van der Waals surface area contributed by atoms with Gasteiger partial charge < -0.3 is 15.2 Å². The molecular weight excluding hydrogens is 237 g/mol. The Balaban J connectivity index is 2.21. The van der Waals surface area contributed by atoms with Crippen LogP contribution in [0, 0.1) is 5.82 Å². The molecule has 0 spiro atoms. The smallest absolute Gasteiger partial charge is 0.305 e. The Labute approximate surface area is 106 Å². The molecule has 0 aliphatic rings. The summed E-state index contributed by atoms with van der Waals surface area (Å²) in [7, 11) is 1.31. The van der Waals surface area contributed by atoms with Crippen molar-refractivity contribution in [2.45, 2.75) is 25.5 Å². The fourth-order valence-corrected chi connectivity index (χ4v) is 1.50. The van der Waals surface area contributed by atoms with E-state index in [4.69, 9.17) is 0 Å². The average molecular weight is 255 g/mol. The molecule has 100 valence electrons. The van der Waals surface area contributed by atoms with Gasteiger partial charge in [0.05, 0.1) is 13.2 Å². The number of esters is 1. The van der Waals surface area contributed by atoms with E-state index in [1.165, 1.54) is 13.2 Å². The third kappa shape index (κ3) is 5.25. The molecule has 0 saturated heterocycles. The van der Waals surface area contributed by atoms with Crippen molar-refractivity contribution in [3.8, 4) is 0 Å². The third-order valence-electron chi connectivity index (χ3n) is 2.56. The number of aliphatic hydroxyl groups excluding tert-OH is 1. The van der Waals surface area contributed by atoms with E-state index in [1.807, 2.05) is 0 Å². The zero-order valence-corrected chi connectivity index (χ0v) is 10.4. The molecule has 1 rings (SSSR count). The van der Waals surface area contributed by atoms with Crippen LogP contribution in [0.1, 0.15) is 18.4 Å². The summed E-state index contributed by atoms with van der Waals surface area (Å²) in [5.74, 6) is -0.614. The van der Waals surface area contributed by atoms with Crippen LogP contribution in [0.2, 0.25) is 0 Å². The Morgan fingerprint density at radius 1 is 1.50 bits per heavy atom. The van der Waals surface area contributed by atoms with Gasteiger partial charge in [0, 0.05) is 25.1 Å². The highest BCUT2D eigenvalue weighted by Gasteiger charge is 2.08. The second-order valence-corrected chi connectivity index (χ2v) is 3.99. The minimum Gasteiger partial charge on any atom is -0.469 e. The minimum atomic E-state index is -0.643. The molecule has 0 saturated carbocycles. The molecule has 1 atom stereocenters. The summed E-state index contributed by atoms with van der Waals surface area (Å²) in [6.07, 6.45) is -0.133. The van der Waals surface area contributed by atoms with Gasteiger partial charge in [0.2, 0.25) is 0 Å². The van der Waals surface area contributed by atoms with Gasteiger partial charge in [0.1, 0.15) is 5.82 Å². The number of nitrogens with one attached hydrogen (secondary N) is 1. The molecule has 18 heavy (non-hydrogen) atoms. The highest BCUT2D eigenvalue weighted by Crippen LogP contribution is 2.05. The Morgan fingerprint density at radius 3 is 2.89 bits per heavy atom. The van der Waals surface area contributed by atoms with Crippen LogP contribution in [0.25, 0.3) is 0 Å².